The van der Waals surface area contributed by atoms with E-state index in [9.17, 15) is 10.4 Å². The Bertz CT molecular complexity index is 1040. The van der Waals surface area contributed by atoms with Gasteiger partial charge in [-0.3, -0.25) is 0 Å². The third-order valence-corrected chi connectivity index (χ3v) is 5.08. The lowest BCUT2D eigenvalue weighted by molar-refractivity contribution is 0.215. The summed E-state index contributed by atoms with van der Waals surface area (Å²) >= 11 is 0. The highest BCUT2D eigenvalue weighted by Crippen LogP contribution is 2.29. The predicted octanol–water partition coefficient (Wildman–Crippen LogP) is 3.47. The van der Waals surface area contributed by atoms with Crippen LogP contribution in [0.4, 0.5) is 5.69 Å². The fourth-order valence-electron chi connectivity index (χ4n) is 3.59. The van der Waals surface area contributed by atoms with Crippen molar-refractivity contribution in [3.05, 3.63) is 71.5 Å². The first-order valence-corrected chi connectivity index (χ1v) is 9.62. The first-order valence-electron chi connectivity index (χ1n) is 9.62. The molecule has 2 aromatic heterocycles. The standard InChI is InChI=1S/C23H22N4O2/c1-16-6-9-23(25-13-16)29-18-10-11-27(14-18)22-8-7-20(26-21(22)15-28)19-5-3-2-4-17(19)12-24/h2-9,13,18,28H,10-11,14-15H2,1H3/t18-/m0/s1. The van der Waals surface area contributed by atoms with E-state index in [1.165, 1.54) is 0 Å². The van der Waals surface area contributed by atoms with Gasteiger partial charge in [-0.25, -0.2) is 9.97 Å². The lowest BCUT2D eigenvalue weighted by Gasteiger charge is -2.21. The summed E-state index contributed by atoms with van der Waals surface area (Å²) in [5.41, 5.74) is 4.62. The Labute approximate surface area is 170 Å². The number of aromatic nitrogens is 2. The van der Waals surface area contributed by atoms with Crippen LogP contribution in [-0.4, -0.2) is 34.3 Å². The quantitative estimate of drug-likeness (QED) is 0.723. The molecule has 146 valence electrons. The molecule has 1 atom stereocenters. The van der Waals surface area contributed by atoms with Crippen LogP contribution in [0.3, 0.4) is 0 Å². The van der Waals surface area contributed by atoms with Gasteiger partial charge in [0, 0.05) is 30.8 Å². The van der Waals surface area contributed by atoms with Crippen LogP contribution in [0.1, 0.15) is 23.2 Å². The summed E-state index contributed by atoms with van der Waals surface area (Å²) in [6.07, 6.45) is 2.71. The molecule has 3 heterocycles. The van der Waals surface area contributed by atoms with Gasteiger partial charge >= 0.3 is 0 Å². The number of nitriles is 1. The Hall–Kier alpha value is -3.43. The van der Waals surface area contributed by atoms with E-state index in [0.29, 0.717) is 29.4 Å². The van der Waals surface area contributed by atoms with Crippen LogP contribution < -0.4 is 9.64 Å². The van der Waals surface area contributed by atoms with Crippen molar-refractivity contribution in [1.29, 1.82) is 5.26 Å². The Kier molecular flexibility index (Phi) is 5.41. The molecule has 1 fully saturated rings. The Morgan fingerprint density at radius 2 is 2.07 bits per heavy atom. The SMILES string of the molecule is Cc1ccc(O[C@H]2CCN(c3ccc(-c4ccccc4C#N)nc3CO)C2)nc1. The Morgan fingerprint density at radius 1 is 1.21 bits per heavy atom. The summed E-state index contributed by atoms with van der Waals surface area (Å²) in [7, 11) is 0. The zero-order chi connectivity index (χ0) is 20.2. The van der Waals surface area contributed by atoms with Crippen LogP contribution in [0.5, 0.6) is 5.88 Å². The maximum Gasteiger partial charge on any atom is 0.213 e. The Morgan fingerprint density at radius 3 is 2.83 bits per heavy atom. The minimum Gasteiger partial charge on any atom is -0.472 e. The van der Waals surface area contributed by atoms with Gasteiger partial charge in [-0.2, -0.15) is 5.26 Å². The number of rotatable bonds is 5. The number of ether oxygens (including phenoxy) is 1. The number of aliphatic hydroxyl groups excluding tert-OH is 1. The molecule has 0 bridgehead atoms. The first kappa shape index (κ1) is 18.9. The van der Waals surface area contributed by atoms with Crippen LogP contribution in [0, 0.1) is 18.3 Å². The van der Waals surface area contributed by atoms with Crippen molar-refractivity contribution in [3.8, 4) is 23.2 Å². The number of benzene rings is 1. The van der Waals surface area contributed by atoms with E-state index in [1.54, 1.807) is 12.3 Å². The number of aliphatic hydroxyl groups is 1. The topological polar surface area (TPSA) is 82.3 Å². The highest BCUT2D eigenvalue weighted by atomic mass is 16.5. The number of nitrogens with zero attached hydrogens (tertiary/aromatic N) is 4. The molecular formula is C23H22N4O2. The van der Waals surface area contributed by atoms with Crippen LogP contribution in [0.2, 0.25) is 0 Å². The molecule has 1 aromatic carbocycles. The zero-order valence-corrected chi connectivity index (χ0v) is 16.2. The van der Waals surface area contributed by atoms with Crippen molar-refractivity contribution < 1.29 is 9.84 Å². The molecule has 29 heavy (non-hydrogen) atoms. The van der Waals surface area contributed by atoms with E-state index in [2.05, 4.69) is 20.9 Å². The third kappa shape index (κ3) is 4.05. The molecule has 1 aliphatic heterocycles. The molecular weight excluding hydrogens is 364 g/mol. The van der Waals surface area contributed by atoms with Crippen molar-refractivity contribution in [2.45, 2.75) is 26.1 Å². The summed E-state index contributed by atoms with van der Waals surface area (Å²) in [5, 5.41) is 19.3. The fourth-order valence-corrected chi connectivity index (χ4v) is 3.59. The second-order valence-corrected chi connectivity index (χ2v) is 7.13. The van der Waals surface area contributed by atoms with Gasteiger partial charge < -0.3 is 14.7 Å². The number of aryl methyl sites for hydroxylation is 1. The minimum absolute atomic E-state index is 0.0377. The van der Waals surface area contributed by atoms with Crippen molar-refractivity contribution in [3.63, 3.8) is 0 Å². The molecule has 0 amide bonds. The molecule has 0 unspecified atom stereocenters. The summed E-state index contributed by atoms with van der Waals surface area (Å²) in [4.78, 5) is 11.1. The van der Waals surface area contributed by atoms with E-state index < -0.39 is 0 Å². The van der Waals surface area contributed by atoms with E-state index in [1.807, 2.05) is 49.4 Å². The van der Waals surface area contributed by atoms with Gasteiger partial charge in [0.25, 0.3) is 0 Å². The number of pyridine rings is 2. The third-order valence-electron chi connectivity index (χ3n) is 5.08. The monoisotopic (exact) mass is 386 g/mol. The van der Waals surface area contributed by atoms with Crippen LogP contribution in [-0.2, 0) is 6.61 Å². The van der Waals surface area contributed by atoms with Gasteiger partial charge in [0.05, 0.1) is 41.9 Å². The van der Waals surface area contributed by atoms with Crippen molar-refractivity contribution in [2.24, 2.45) is 0 Å². The molecule has 1 saturated heterocycles. The van der Waals surface area contributed by atoms with Gasteiger partial charge in [-0.1, -0.05) is 24.3 Å². The number of hydrogen-bond acceptors (Lipinski definition) is 6. The van der Waals surface area contributed by atoms with E-state index in [4.69, 9.17) is 4.74 Å². The minimum atomic E-state index is -0.167. The van der Waals surface area contributed by atoms with Gasteiger partial charge in [0.1, 0.15) is 6.10 Å². The maximum absolute atomic E-state index is 9.91. The van der Waals surface area contributed by atoms with Gasteiger partial charge in [0.15, 0.2) is 0 Å². The Balaban J connectivity index is 1.53. The molecule has 0 radical (unpaired) electrons. The lowest BCUT2D eigenvalue weighted by Crippen LogP contribution is -2.26. The molecule has 0 saturated carbocycles. The average Bonchev–Trinajstić information content (AvgIpc) is 3.23. The molecule has 6 heteroatoms. The van der Waals surface area contributed by atoms with Crippen molar-refractivity contribution in [1.82, 2.24) is 9.97 Å². The van der Waals surface area contributed by atoms with Gasteiger partial charge in [-0.15, -0.1) is 0 Å². The van der Waals surface area contributed by atoms with E-state index in [-0.39, 0.29) is 12.7 Å². The zero-order valence-electron chi connectivity index (χ0n) is 16.2. The first-order chi connectivity index (χ1) is 14.2. The van der Waals surface area contributed by atoms with Crippen LogP contribution in [0.15, 0.2) is 54.7 Å². The van der Waals surface area contributed by atoms with Gasteiger partial charge in [-0.05, 0) is 30.7 Å². The molecule has 6 nitrogen and oxygen atoms in total. The second kappa shape index (κ2) is 8.29. The van der Waals surface area contributed by atoms with Crippen molar-refractivity contribution in [2.75, 3.05) is 18.0 Å². The smallest absolute Gasteiger partial charge is 0.213 e. The number of anilines is 1. The van der Waals surface area contributed by atoms with E-state index >= 15 is 0 Å². The number of hydrogen-bond donors (Lipinski definition) is 1. The summed E-state index contributed by atoms with van der Waals surface area (Å²) in [6.45, 7) is 3.35. The summed E-state index contributed by atoms with van der Waals surface area (Å²) < 4.78 is 6.01. The molecule has 1 aliphatic rings. The van der Waals surface area contributed by atoms with Crippen molar-refractivity contribution >= 4 is 5.69 Å². The van der Waals surface area contributed by atoms with Crippen LogP contribution >= 0.6 is 0 Å². The highest BCUT2D eigenvalue weighted by molar-refractivity contribution is 5.69. The highest BCUT2D eigenvalue weighted by Gasteiger charge is 2.26. The normalized spacial score (nSPS) is 15.9. The predicted molar refractivity (Wildman–Crippen MR) is 111 cm³/mol. The second-order valence-electron chi connectivity index (χ2n) is 7.13. The maximum atomic E-state index is 9.91. The molecule has 3 aromatic rings. The van der Waals surface area contributed by atoms with E-state index in [0.717, 1.165) is 29.8 Å². The average molecular weight is 386 g/mol. The molecule has 0 spiro atoms. The fraction of sp³-hybridized carbons (Fsp3) is 0.261. The molecule has 1 N–H and O–H groups in total. The molecule has 0 aliphatic carbocycles. The summed E-state index contributed by atoms with van der Waals surface area (Å²) in [5.74, 6) is 0.631. The van der Waals surface area contributed by atoms with Gasteiger partial charge in [0.2, 0.25) is 5.88 Å². The largest absolute Gasteiger partial charge is 0.472 e. The lowest BCUT2D eigenvalue weighted by atomic mass is 10.0. The molecule has 4 rings (SSSR count). The van der Waals surface area contributed by atoms with Crippen LogP contribution in [0.25, 0.3) is 11.3 Å². The summed E-state index contributed by atoms with van der Waals surface area (Å²) in [6, 6.07) is 17.3.